The molecule has 42 heavy (non-hydrogen) atoms. The van der Waals surface area contributed by atoms with E-state index in [9.17, 15) is 0 Å². The number of anilines is 3. The molecule has 0 atom stereocenters. The summed E-state index contributed by atoms with van der Waals surface area (Å²) >= 11 is 7.23. The molecule has 0 N–H and O–H groups in total. The van der Waals surface area contributed by atoms with Crippen molar-refractivity contribution in [3.05, 3.63) is 123 Å². The minimum atomic E-state index is -0.243. The third kappa shape index (κ3) is 4.82. The summed E-state index contributed by atoms with van der Waals surface area (Å²) in [5, 5.41) is 2.45. The lowest BCUT2D eigenvalue weighted by Crippen LogP contribution is -2.31. The number of nitrogens with zero attached hydrogens (tertiary/aromatic N) is 1. The van der Waals surface area contributed by atoms with E-state index in [1.54, 1.807) is 0 Å². The standard InChI is InChI=1S/C38H37Br2NO/c1-5-37(6-2)34-23-13-26(25-35(34)38(7-3,8-4)42-37)31-22-24-36(33-12-10-9-11-32(31)33)41(29-18-14-27(39)15-19-29)30-20-16-28(40)17-21-30/h9-25H,5-8H2,1-4H3. The van der Waals surface area contributed by atoms with E-state index in [0.717, 1.165) is 51.7 Å². The van der Waals surface area contributed by atoms with Gasteiger partial charge in [0.05, 0.1) is 16.9 Å². The second kappa shape index (κ2) is 11.6. The van der Waals surface area contributed by atoms with Crippen molar-refractivity contribution in [1.82, 2.24) is 0 Å². The zero-order valence-electron chi connectivity index (χ0n) is 24.8. The Bertz CT molecular complexity index is 1670. The van der Waals surface area contributed by atoms with Crippen LogP contribution in [-0.2, 0) is 15.9 Å². The zero-order chi connectivity index (χ0) is 29.5. The Morgan fingerprint density at radius 3 is 1.64 bits per heavy atom. The maximum atomic E-state index is 7.03. The molecule has 1 aliphatic rings. The molecule has 0 saturated carbocycles. The van der Waals surface area contributed by atoms with Crippen molar-refractivity contribution in [1.29, 1.82) is 0 Å². The molecule has 5 aromatic rings. The number of rotatable bonds is 8. The molecule has 0 unspecified atom stereocenters. The molecule has 1 heterocycles. The van der Waals surface area contributed by atoms with Gasteiger partial charge >= 0.3 is 0 Å². The topological polar surface area (TPSA) is 12.5 Å². The highest BCUT2D eigenvalue weighted by Gasteiger charge is 2.49. The number of ether oxygens (including phenoxy) is 1. The molecule has 0 fully saturated rings. The van der Waals surface area contributed by atoms with Gasteiger partial charge in [-0.05, 0) is 114 Å². The third-order valence-electron chi connectivity index (χ3n) is 9.30. The summed E-state index contributed by atoms with van der Waals surface area (Å²) < 4.78 is 9.16. The second-order valence-electron chi connectivity index (χ2n) is 11.2. The fraction of sp³-hybridized carbons (Fsp3) is 0.263. The van der Waals surface area contributed by atoms with Crippen molar-refractivity contribution < 1.29 is 4.74 Å². The number of benzene rings is 5. The van der Waals surface area contributed by atoms with Gasteiger partial charge in [-0.3, -0.25) is 0 Å². The molecular weight excluding hydrogens is 646 g/mol. The van der Waals surface area contributed by atoms with Gasteiger partial charge in [0.15, 0.2) is 0 Å². The van der Waals surface area contributed by atoms with Crippen LogP contribution in [0.15, 0.2) is 112 Å². The van der Waals surface area contributed by atoms with Crippen LogP contribution in [0.5, 0.6) is 0 Å². The minimum absolute atomic E-state index is 0.207. The summed E-state index contributed by atoms with van der Waals surface area (Å²) in [4.78, 5) is 2.34. The van der Waals surface area contributed by atoms with E-state index >= 15 is 0 Å². The average Bonchev–Trinajstić information content (AvgIpc) is 3.33. The van der Waals surface area contributed by atoms with Crippen molar-refractivity contribution in [2.24, 2.45) is 0 Å². The van der Waals surface area contributed by atoms with E-state index in [-0.39, 0.29) is 11.2 Å². The summed E-state index contributed by atoms with van der Waals surface area (Å²) in [5.74, 6) is 0. The molecule has 2 nitrogen and oxygen atoms in total. The Labute approximate surface area is 267 Å². The quantitative estimate of drug-likeness (QED) is 0.161. The molecule has 0 aliphatic carbocycles. The Hall–Kier alpha value is -2.92. The van der Waals surface area contributed by atoms with E-state index in [1.807, 2.05) is 0 Å². The monoisotopic (exact) mass is 681 g/mol. The van der Waals surface area contributed by atoms with Crippen molar-refractivity contribution >= 4 is 59.7 Å². The van der Waals surface area contributed by atoms with Gasteiger partial charge in [-0.1, -0.05) is 102 Å². The molecule has 0 saturated heterocycles. The molecule has 0 amide bonds. The predicted octanol–water partition coefficient (Wildman–Crippen LogP) is 12.6. The van der Waals surface area contributed by atoms with E-state index in [2.05, 4.69) is 168 Å². The second-order valence-corrected chi connectivity index (χ2v) is 13.1. The molecule has 0 bridgehead atoms. The summed E-state index contributed by atoms with van der Waals surface area (Å²) in [6.45, 7) is 9.06. The van der Waals surface area contributed by atoms with Gasteiger partial charge in [0.1, 0.15) is 0 Å². The van der Waals surface area contributed by atoms with Gasteiger partial charge in [0.25, 0.3) is 0 Å². The van der Waals surface area contributed by atoms with Crippen molar-refractivity contribution in [2.45, 2.75) is 64.6 Å². The van der Waals surface area contributed by atoms with Crippen LogP contribution in [0.3, 0.4) is 0 Å². The Balaban J connectivity index is 1.55. The molecule has 214 valence electrons. The number of fused-ring (bicyclic) bond motifs is 2. The van der Waals surface area contributed by atoms with Gasteiger partial charge in [0, 0.05) is 25.7 Å². The number of hydrogen-bond donors (Lipinski definition) is 0. The first-order valence-corrected chi connectivity index (χ1v) is 16.7. The van der Waals surface area contributed by atoms with Gasteiger partial charge in [0.2, 0.25) is 0 Å². The van der Waals surface area contributed by atoms with Crippen LogP contribution < -0.4 is 4.90 Å². The fourth-order valence-corrected chi connectivity index (χ4v) is 7.39. The first-order chi connectivity index (χ1) is 20.4. The summed E-state index contributed by atoms with van der Waals surface area (Å²) in [7, 11) is 0. The molecule has 6 rings (SSSR count). The lowest BCUT2D eigenvalue weighted by atomic mass is 9.81. The predicted molar refractivity (Wildman–Crippen MR) is 185 cm³/mol. The third-order valence-corrected chi connectivity index (χ3v) is 10.4. The lowest BCUT2D eigenvalue weighted by Gasteiger charge is -2.34. The van der Waals surface area contributed by atoms with Crippen LogP contribution in [0.25, 0.3) is 21.9 Å². The van der Waals surface area contributed by atoms with Crippen LogP contribution in [0.2, 0.25) is 0 Å². The summed E-state index contributed by atoms with van der Waals surface area (Å²) in [6.07, 6.45) is 3.90. The van der Waals surface area contributed by atoms with Gasteiger partial charge in [-0.25, -0.2) is 0 Å². The highest BCUT2D eigenvalue weighted by Crippen LogP contribution is 2.54. The van der Waals surface area contributed by atoms with E-state index in [4.69, 9.17) is 4.74 Å². The molecule has 4 heteroatoms. The van der Waals surface area contributed by atoms with Gasteiger partial charge < -0.3 is 9.64 Å². The summed E-state index contributed by atoms with van der Waals surface area (Å²) in [6, 6.07) is 37.5. The zero-order valence-corrected chi connectivity index (χ0v) is 27.9. The van der Waals surface area contributed by atoms with Gasteiger partial charge in [-0.15, -0.1) is 0 Å². The van der Waals surface area contributed by atoms with Crippen molar-refractivity contribution in [3.63, 3.8) is 0 Å². The van der Waals surface area contributed by atoms with Crippen LogP contribution in [-0.4, -0.2) is 0 Å². The first-order valence-electron chi connectivity index (χ1n) is 15.1. The largest absolute Gasteiger partial charge is 0.359 e. The molecule has 1 aliphatic heterocycles. The maximum absolute atomic E-state index is 7.03. The highest BCUT2D eigenvalue weighted by atomic mass is 79.9. The normalized spacial score (nSPS) is 15.1. The SMILES string of the molecule is CCC1(CC)OC(CC)(CC)c2cc(-c3ccc(N(c4ccc(Br)cc4)c4ccc(Br)cc4)c4ccccc34)ccc21. The van der Waals surface area contributed by atoms with Crippen LogP contribution in [0.4, 0.5) is 17.1 Å². The molecule has 0 radical (unpaired) electrons. The van der Waals surface area contributed by atoms with Gasteiger partial charge in [-0.2, -0.15) is 0 Å². The smallest absolute Gasteiger partial charge is 0.0942 e. The Morgan fingerprint density at radius 1 is 0.571 bits per heavy atom. The van der Waals surface area contributed by atoms with E-state index < -0.39 is 0 Å². The maximum Gasteiger partial charge on any atom is 0.0942 e. The molecule has 0 aromatic heterocycles. The minimum Gasteiger partial charge on any atom is -0.359 e. The number of hydrogen-bond acceptors (Lipinski definition) is 2. The summed E-state index contributed by atoms with van der Waals surface area (Å²) in [5.41, 5.74) is 8.15. The molecule has 0 spiro atoms. The van der Waals surface area contributed by atoms with Crippen molar-refractivity contribution in [2.75, 3.05) is 4.90 Å². The van der Waals surface area contributed by atoms with Crippen LogP contribution >= 0.6 is 31.9 Å². The average molecular weight is 684 g/mol. The molecule has 5 aromatic carbocycles. The van der Waals surface area contributed by atoms with Crippen molar-refractivity contribution in [3.8, 4) is 11.1 Å². The molecular formula is C38H37Br2NO. The van der Waals surface area contributed by atoms with Crippen LogP contribution in [0, 0.1) is 0 Å². The van der Waals surface area contributed by atoms with E-state index in [0.29, 0.717) is 0 Å². The van der Waals surface area contributed by atoms with E-state index in [1.165, 1.54) is 33.0 Å². The Kier molecular flexibility index (Phi) is 8.08. The highest BCUT2D eigenvalue weighted by molar-refractivity contribution is 9.10. The number of halogens is 2. The van der Waals surface area contributed by atoms with Crippen LogP contribution in [0.1, 0.15) is 64.5 Å². The first kappa shape index (κ1) is 29.2. The lowest BCUT2D eigenvalue weighted by molar-refractivity contribution is -0.151. The fourth-order valence-electron chi connectivity index (χ4n) is 6.86. The Morgan fingerprint density at radius 2 is 1.10 bits per heavy atom.